The summed E-state index contributed by atoms with van der Waals surface area (Å²) in [7, 11) is -0.446. The second-order valence-corrected chi connectivity index (χ2v) is 6.56. The van der Waals surface area contributed by atoms with Crippen LogP contribution in [0, 0.1) is 0 Å². The van der Waals surface area contributed by atoms with Crippen LogP contribution in [0.5, 0.6) is 0 Å². The van der Waals surface area contributed by atoms with E-state index in [-0.39, 0.29) is 17.4 Å². The quantitative estimate of drug-likeness (QED) is 0.650. The van der Waals surface area contributed by atoms with Gasteiger partial charge in [0.15, 0.2) is 0 Å². The van der Waals surface area contributed by atoms with Gasteiger partial charge in [0, 0.05) is 17.4 Å². The van der Waals surface area contributed by atoms with Crippen molar-refractivity contribution in [3.8, 4) is 0 Å². The Morgan fingerprint density at radius 1 is 0.400 bits per heavy atom. The first-order chi connectivity index (χ1) is 9.45. The fourth-order valence-corrected chi connectivity index (χ4v) is 4.48. The van der Waals surface area contributed by atoms with Gasteiger partial charge in [0.2, 0.25) is 0 Å². The second-order valence-electron chi connectivity index (χ2n) is 4.34. The van der Waals surface area contributed by atoms with Crippen LogP contribution in [0.15, 0.2) is 91.0 Å². The van der Waals surface area contributed by atoms with Gasteiger partial charge in [-0.1, -0.05) is 91.0 Å². The summed E-state index contributed by atoms with van der Waals surface area (Å²) < 4.78 is 0. The van der Waals surface area contributed by atoms with E-state index >= 15 is 0 Å². The van der Waals surface area contributed by atoms with Gasteiger partial charge in [0.25, 0.3) is 0 Å². The van der Waals surface area contributed by atoms with Crippen LogP contribution in [0.25, 0.3) is 0 Å². The van der Waals surface area contributed by atoms with Crippen molar-refractivity contribution in [3.63, 3.8) is 0 Å². The molecule has 0 radical (unpaired) electrons. The summed E-state index contributed by atoms with van der Waals surface area (Å²) in [6.45, 7) is 0. The Bertz CT molecular complexity index is 529. The van der Waals surface area contributed by atoms with E-state index in [9.17, 15) is 0 Å². The third-order valence-electron chi connectivity index (χ3n) is 3.04. The SMILES string of the molecule is [Cr].c1ccc(P(c2ccccc2)c2ccccc2)cc1. The molecule has 0 fully saturated rings. The molecule has 2 heteroatoms. The molecular formula is C18H15CrP. The monoisotopic (exact) mass is 314 g/mol. The minimum Gasteiger partial charge on any atom is -0.0622 e. The Balaban J connectivity index is 0.00000147. The molecule has 0 spiro atoms. The van der Waals surface area contributed by atoms with Crippen molar-refractivity contribution in [3.05, 3.63) is 91.0 Å². The van der Waals surface area contributed by atoms with Gasteiger partial charge in [0.05, 0.1) is 0 Å². The fourth-order valence-electron chi connectivity index (χ4n) is 2.18. The summed E-state index contributed by atoms with van der Waals surface area (Å²) >= 11 is 0. The molecule has 98 valence electrons. The van der Waals surface area contributed by atoms with Crippen molar-refractivity contribution < 1.29 is 17.4 Å². The van der Waals surface area contributed by atoms with E-state index in [4.69, 9.17) is 0 Å². The van der Waals surface area contributed by atoms with Gasteiger partial charge in [-0.25, -0.2) is 0 Å². The van der Waals surface area contributed by atoms with Crippen LogP contribution in [0.2, 0.25) is 0 Å². The first-order valence-electron chi connectivity index (χ1n) is 6.40. The molecule has 0 aromatic heterocycles. The molecule has 0 unspecified atom stereocenters. The molecule has 0 aliphatic rings. The average Bonchev–Trinajstić information content (AvgIpc) is 2.51. The van der Waals surface area contributed by atoms with Gasteiger partial charge in [-0.2, -0.15) is 0 Å². The maximum Gasteiger partial charge on any atom is 0 e. The normalized spacial score (nSPS) is 10.1. The summed E-state index contributed by atoms with van der Waals surface area (Å²) in [6, 6.07) is 32.3. The Hall–Kier alpha value is -1.38. The Morgan fingerprint density at radius 3 is 0.900 bits per heavy atom. The van der Waals surface area contributed by atoms with Crippen molar-refractivity contribution in [1.82, 2.24) is 0 Å². The molecule has 0 amide bonds. The summed E-state index contributed by atoms with van der Waals surface area (Å²) in [6.07, 6.45) is 0. The van der Waals surface area contributed by atoms with Crippen molar-refractivity contribution in [2.45, 2.75) is 0 Å². The van der Waals surface area contributed by atoms with Crippen LogP contribution in [0.3, 0.4) is 0 Å². The van der Waals surface area contributed by atoms with Crippen LogP contribution >= 0.6 is 7.92 Å². The maximum absolute atomic E-state index is 2.23. The molecule has 20 heavy (non-hydrogen) atoms. The predicted molar refractivity (Wildman–Crippen MR) is 85.1 cm³/mol. The zero-order valence-electron chi connectivity index (χ0n) is 11.0. The first-order valence-corrected chi connectivity index (χ1v) is 7.74. The smallest absolute Gasteiger partial charge is 0 e. The molecule has 0 heterocycles. The van der Waals surface area contributed by atoms with E-state index < -0.39 is 7.92 Å². The molecule has 0 nitrogen and oxygen atoms in total. The summed E-state index contributed by atoms with van der Waals surface area (Å²) in [5.74, 6) is 0. The number of benzene rings is 3. The molecule has 3 rings (SSSR count). The van der Waals surface area contributed by atoms with E-state index in [1.165, 1.54) is 15.9 Å². The van der Waals surface area contributed by atoms with E-state index in [2.05, 4.69) is 91.0 Å². The first kappa shape index (κ1) is 15.0. The molecule has 0 aliphatic carbocycles. The molecule has 3 aromatic rings. The van der Waals surface area contributed by atoms with E-state index in [0.29, 0.717) is 0 Å². The second kappa shape index (κ2) is 7.42. The predicted octanol–water partition coefficient (Wildman–Crippen LogP) is 3.44. The number of hydrogen-bond donors (Lipinski definition) is 0. The number of hydrogen-bond acceptors (Lipinski definition) is 0. The summed E-state index contributed by atoms with van der Waals surface area (Å²) in [5, 5.41) is 4.19. The molecule has 0 atom stereocenters. The van der Waals surface area contributed by atoms with Crippen molar-refractivity contribution in [2.24, 2.45) is 0 Å². The standard InChI is InChI=1S/C18H15P.Cr/c1-4-10-16(11-5-1)19(17-12-6-2-7-13-17)18-14-8-3-9-15-18;/h1-15H;. The Morgan fingerprint density at radius 2 is 0.650 bits per heavy atom. The van der Waals surface area contributed by atoms with Crippen LogP contribution < -0.4 is 15.9 Å². The van der Waals surface area contributed by atoms with Crippen LogP contribution in [-0.2, 0) is 17.4 Å². The minimum atomic E-state index is -0.446. The van der Waals surface area contributed by atoms with Gasteiger partial charge < -0.3 is 0 Å². The van der Waals surface area contributed by atoms with Crippen LogP contribution in [0.4, 0.5) is 0 Å². The molecular weight excluding hydrogens is 299 g/mol. The maximum atomic E-state index is 2.23. The zero-order chi connectivity index (χ0) is 12.9. The Labute approximate surface area is 132 Å². The molecule has 0 N–H and O–H groups in total. The zero-order valence-corrected chi connectivity index (χ0v) is 13.2. The molecule has 0 saturated carbocycles. The van der Waals surface area contributed by atoms with E-state index in [1.54, 1.807) is 0 Å². The largest absolute Gasteiger partial charge is 0.0622 e. The minimum absolute atomic E-state index is 0. The van der Waals surface area contributed by atoms with Crippen LogP contribution in [-0.4, -0.2) is 0 Å². The third-order valence-corrected chi connectivity index (χ3v) is 5.49. The number of rotatable bonds is 3. The van der Waals surface area contributed by atoms with E-state index in [1.807, 2.05) is 0 Å². The van der Waals surface area contributed by atoms with Gasteiger partial charge in [-0.05, 0) is 23.8 Å². The molecule has 0 bridgehead atoms. The van der Waals surface area contributed by atoms with E-state index in [0.717, 1.165) is 0 Å². The fraction of sp³-hybridized carbons (Fsp3) is 0. The summed E-state index contributed by atoms with van der Waals surface area (Å²) in [5.41, 5.74) is 0. The van der Waals surface area contributed by atoms with Crippen molar-refractivity contribution in [2.75, 3.05) is 0 Å². The summed E-state index contributed by atoms with van der Waals surface area (Å²) in [4.78, 5) is 0. The van der Waals surface area contributed by atoms with Gasteiger partial charge >= 0.3 is 0 Å². The molecule has 0 aliphatic heterocycles. The Kier molecular flexibility index (Phi) is 5.57. The average molecular weight is 314 g/mol. The van der Waals surface area contributed by atoms with Crippen molar-refractivity contribution in [1.29, 1.82) is 0 Å². The third kappa shape index (κ3) is 3.38. The molecule has 3 aromatic carbocycles. The van der Waals surface area contributed by atoms with Gasteiger partial charge in [-0.15, -0.1) is 0 Å². The topological polar surface area (TPSA) is 0 Å². The van der Waals surface area contributed by atoms with Gasteiger partial charge in [0.1, 0.15) is 0 Å². The molecule has 0 saturated heterocycles. The van der Waals surface area contributed by atoms with Crippen LogP contribution in [0.1, 0.15) is 0 Å². The van der Waals surface area contributed by atoms with Crippen molar-refractivity contribution >= 4 is 23.8 Å². The van der Waals surface area contributed by atoms with Gasteiger partial charge in [-0.3, -0.25) is 0 Å².